The van der Waals surface area contributed by atoms with Gasteiger partial charge in [0.2, 0.25) is 15.9 Å². The minimum absolute atomic E-state index is 0.0646. The molecule has 108 valence electrons. The fourth-order valence-corrected chi connectivity index (χ4v) is 3.72. The summed E-state index contributed by atoms with van der Waals surface area (Å²) in [6.07, 6.45) is 0.103. The highest BCUT2D eigenvalue weighted by atomic mass is 35.5. The molecule has 0 radical (unpaired) electrons. The monoisotopic (exact) mass is 333 g/mol. The quantitative estimate of drug-likeness (QED) is 0.680. The first-order valence-corrected chi connectivity index (χ1v) is 7.95. The van der Waals surface area contributed by atoms with Crippen molar-refractivity contribution in [2.75, 3.05) is 6.54 Å². The lowest BCUT2D eigenvalue weighted by Crippen LogP contribution is -2.36. The molecule has 20 heavy (non-hydrogen) atoms. The molecule has 0 saturated carbocycles. The summed E-state index contributed by atoms with van der Waals surface area (Å²) in [5, 5.41) is 2.61. The minimum Gasteiger partial charge on any atom is -0.389 e. The normalized spacial score (nSPS) is 18.9. The zero-order chi connectivity index (χ0) is 14.9. The molecule has 0 aromatic heterocycles. The van der Waals surface area contributed by atoms with Crippen molar-refractivity contribution in [3.63, 3.8) is 0 Å². The number of rotatable bonds is 4. The molecule has 0 bridgehead atoms. The summed E-state index contributed by atoms with van der Waals surface area (Å²) in [5.74, 6) is -0.194. The average Bonchev–Trinajstić information content (AvgIpc) is 2.73. The van der Waals surface area contributed by atoms with Gasteiger partial charge in [-0.1, -0.05) is 29.9 Å². The van der Waals surface area contributed by atoms with E-state index in [1.54, 1.807) is 6.07 Å². The topological polar surface area (TPSA) is 101 Å². The zero-order valence-electron chi connectivity index (χ0n) is 10.2. The number of amides is 1. The van der Waals surface area contributed by atoms with Gasteiger partial charge in [-0.3, -0.25) is 4.79 Å². The second kappa shape index (κ2) is 5.65. The molecule has 1 unspecified atom stereocenters. The standard InChI is InChI=1S/C11H12ClN3O3S2/c12-8-2-1-6(11(13)19)3-9(8)20(17,18)15-7-4-10(16)14-5-7/h1-3,7,15H,4-5H2,(H2,13,19)(H,14,16). The fraction of sp³-hybridized carbons (Fsp3) is 0.273. The van der Waals surface area contributed by atoms with Crippen LogP contribution in [0.15, 0.2) is 23.1 Å². The number of carbonyl (C=O) groups is 1. The third kappa shape index (κ3) is 3.26. The highest BCUT2D eigenvalue weighted by molar-refractivity contribution is 7.89. The summed E-state index contributed by atoms with van der Waals surface area (Å²) in [6.45, 7) is 0.255. The van der Waals surface area contributed by atoms with E-state index in [9.17, 15) is 13.2 Å². The van der Waals surface area contributed by atoms with Gasteiger partial charge < -0.3 is 11.1 Å². The summed E-state index contributed by atoms with van der Waals surface area (Å²) in [6, 6.07) is 3.79. The molecule has 9 heteroatoms. The van der Waals surface area contributed by atoms with E-state index >= 15 is 0 Å². The van der Waals surface area contributed by atoms with E-state index in [1.807, 2.05) is 0 Å². The van der Waals surface area contributed by atoms with Gasteiger partial charge in [0.05, 0.1) is 5.02 Å². The Morgan fingerprint density at radius 2 is 2.20 bits per heavy atom. The SMILES string of the molecule is NC(=S)c1ccc(Cl)c(S(=O)(=O)NC2CNC(=O)C2)c1. The molecule has 1 heterocycles. The largest absolute Gasteiger partial charge is 0.389 e. The van der Waals surface area contributed by atoms with Crippen molar-refractivity contribution in [1.82, 2.24) is 10.0 Å². The van der Waals surface area contributed by atoms with Crippen LogP contribution in [0.3, 0.4) is 0 Å². The summed E-state index contributed by atoms with van der Waals surface area (Å²) >= 11 is 10.7. The number of hydrogen-bond acceptors (Lipinski definition) is 4. The molecule has 1 saturated heterocycles. The van der Waals surface area contributed by atoms with E-state index in [0.29, 0.717) is 5.56 Å². The van der Waals surface area contributed by atoms with Crippen molar-refractivity contribution in [2.24, 2.45) is 5.73 Å². The molecule has 6 nitrogen and oxygen atoms in total. The highest BCUT2D eigenvalue weighted by Crippen LogP contribution is 2.23. The second-order valence-electron chi connectivity index (χ2n) is 4.34. The van der Waals surface area contributed by atoms with Gasteiger partial charge in [0.25, 0.3) is 0 Å². The number of sulfonamides is 1. The molecular weight excluding hydrogens is 322 g/mol. The minimum atomic E-state index is -3.84. The Morgan fingerprint density at radius 1 is 1.50 bits per heavy atom. The Bertz CT molecular complexity index is 675. The summed E-state index contributed by atoms with van der Waals surface area (Å²) in [7, 11) is -3.84. The number of benzene rings is 1. The van der Waals surface area contributed by atoms with E-state index in [1.165, 1.54) is 12.1 Å². The van der Waals surface area contributed by atoms with Gasteiger partial charge in [0, 0.05) is 24.6 Å². The number of nitrogens with one attached hydrogen (secondary N) is 2. The van der Waals surface area contributed by atoms with E-state index in [-0.39, 0.29) is 33.8 Å². The van der Waals surface area contributed by atoms with E-state index in [2.05, 4.69) is 10.0 Å². The van der Waals surface area contributed by atoms with Crippen molar-refractivity contribution >= 4 is 44.7 Å². The lowest BCUT2D eigenvalue weighted by molar-refractivity contribution is -0.119. The van der Waals surface area contributed by atoms with E-state index in [0.717, 1.165) is 0 Å². The van der Waals surface area contributed by atoms with Crippen molar-refractivity contribution in [3.8, 4) is 0 Å². The molecular formula is C11H12ClN3O3S2. The first kappa shape index (κ1) is 15.2. The molecule has 0 aliphatic carbocycles. The number of hydrogen-bond donors (Lipinski definition) is 3. The van der Waals surface area contributed by atoms with Crippen LogP contribution < -0.4 is 15.8 Å². The van der Waals surface area contributed by atoms with Crippen LogP contribution in [0.2, 0.25) is 5.02 Å². The van der Waals surface area contributed by atoms with Crippen LogP contribution in [0.1, 0.15) is 12.0 Å². The third-order valence-corrected chi connectivity index (χ3v) is 5.04. The van der Waals surface area contributed by atoms with Gasteiger partial charge >= 0.3 is 0 Å². The maximum absolute atomic E-state index is 12.3. The first-order valence-electron chi connectivity index (χ1n) is 5.68. The van der Waals surface area contributed by atoms with Gasteiger partial charge in [-0.25, -0.2) is 13.1 Å². The Hall–Kier alpha value is -1.22. The van der Waals surface area contributed by atoms with Crippen LogP contribution in [0.4, 0.5) is 0 Å². The molecule has 1 aromatic rings. The summed E-state index contributed by atoms with van der Waals surface area (Å²) in [5.41, 5.74) is 5.88. The number of nitrogens with two attached hydrogens (primary N) is 1. The lowest BCUT2D eigenvalue weighted by atomic mass is 10.2. The van der Waals surface area contributed by atoms with Crippen molar-refractivity contribution in [2.45, 2.75) is 17.4 Å². The number of carbonyl (C=O) groups excluding carboxylic acids is 1. The predicted molar refractivity (Wildman–Crippen MR) is 79.1 cm³/mol. The molecule has 1 amide bonds. The van der Waals surface area contributed by atoms with Gasteiger partial charge in [0.1, 0.15) is 9.88 Å². The lowest BCUT2D eigenvalue weighted by Gasteiger charge is -2.13. The molecule has 1 aliphatic heterocycles. The molecule has 4 N–H and O–H groups in total. The fourth-order valence-electron chi connectivity index (χ4n) is 1.83. The maximum atomic E-state index is 12.3. The summed E-state index contributed by atoms with van der Waals surface area (Å²) < 4.78 is 27.0. The average molecular weight is 334 g/mol. The number of halogens is 1. The van der Waals surface area contributed by atoms with Crippen LogP contribution in [0, 0.1) is 0 Å². The van der Waals surface area contributed by atoms with E-state index < -0.39 is 16.1 Å². The second-order valence-corrected chi connectivity index (χ2v) is 6.87. The van der Waals surface area contributed by atoms with Gasteiger partial charge in [-0.2, -0.15) is 0 Å². The van der Waals surface area contributed by atoms with Crippen LogP contribution in [-0.4, -0.2) is 31.9 Å². The first-order chi connectivity index (χ1) is 9.29. The smallest absolute Gasteiger partial charge is 0.242 e. The maximum Gasteiger partial charge on any atom is 0.242 e. The van der Waals surface area contributed by atoms with Crippen LogP contribution in [0.25, 0.3) is 0 Å². The molecule has 1 fully saturated rings. The van der Waals surface area contributed by atoms with Crippen LogP contribution >= 0.6 is 23.8 Å². The predicted octanol–water partition coefficient (Wildman–Crippen LogP) is 0.141. The molecule has 0 spiro atoms. The molecule has 1 atom stereocenters. The number of thiocarbonyl (C=S) groups is 1. The van der Waals surface area contributed by atoms with Gasteiger partial charge in [0.15, 0.2) is 0 Å². The van der Waals surface area contributed by atoms with E-state index in [4.69, 9.17) is 29.6 Å². The summed E-state index contributed by atoms with van der Waals surface area (Å²) in [4.78, 5) is 11.1. The zero-order valence-corrected chi connectivity index (χ0v) is 12.6. The van der Waals surface area contributed by atoms with Gasteiger partial charge in [-0.15, -0.1) is 0 Å². The van der Waals surface area contributed by atoms with Crippen molar-refractivity contribution < 1.29 is 13.2 Å². The Kier molecular flexibility index (Phi) is 4.28. The van der Waals surface area contributed by atoms with Crippen LogP contribution in [0.5, 0.6) is 0 Å². The molecule has 2 rings (SSSR count). The van der Waals surface area contributed by atoms with Crippen molar-refractivity contribution in [3.05, 3.63) is 28.8 Å². The third-order valence-electron chi connectivity index (χ3n) is 2.80. The molecule has 1 aliphatic rings. The van der Waals surface area contributed by atoms with Crippen LogP contribution in [-0.2, 0) is 14.8 Å². The Morgan fingerprint density at radius 3 is 2.75 bits per heavy atom. The molecule has 1 aromatic carbocycles. The Balaban J connectivity index is 2.31. The Labute approximate surface area is 126 Å². The highest BCUT2D eigenvalue weighted by Gasteiger charge is 2.28. The van der Waals surface area contributed by atoms with Crippen molar-refractivity contribution in [1.29, 1.82) is 0 Å². The van der Waals surface area contributed by atoms with Gasteiger partial charge in [-0.05, 0) is 12.1 Å².